The molecule has 8 rings (SSSR count). The number of hydrogen-bond donors (Lipinski definition) is 0. The molecule has 0 atom stereocenters. The lowest BCUT2D eigenvalue weighted by Crippen LogP contribution is -2.26. The Kier molecular flexibility index (Phi) is 6.90. The SMILES string of the molecule is C=CCOC(=O)N(c1ccc(-c2cccc3c2sc2ccccc23)cc1)c1ccc(-c2cccc3c2sc2ccccc23)cc1. The highest BCUT2D eigenvalue weighted by Crippen LogP contribution is 2.42. The molecule has 216 valence electrons. The number of hydrogen-bond acceptors (Lipinski definition) is 4. The zero-order valence-corrected chi connectivity index (χ0v) is 25.9. The smallest absolute Gasteiger partial charge is 0.419 e. The van der Waals surface area contributed by atoms with Gasteiger partial charge >= 0.3 is 6.09 Å². The second-order valence-electron chi connectivity index (χ2n) is 10.9. The lowest BCUT2D eigenvalue weighted by molar-refractivity contribution is 0.169. The second kappa shape index (κ2) is 11.4. The first-order valence-corrected chi connectivity index (χ1v) is 16.4. The van der Waals surface area contributed by atoms with Crippen molar-refractivity contribution in [3.8, 4) is 22.3 Å². The van der Waals surface area contributed by atoms with Crippen LogP contribution in [-0.4, -0.2) is 12.7 Å². The highest BCUT2D eigenvalue weighted by atomic mass is 32.1. The second-order valence-corrected chi connectivity index (χ2v) is 13.0. The number of anilines is 2. The third-order valence-corrected chi connectivity index (χ3v) is 10.6. The van der Waals surface area contributed by atoms with Gasteiger partial charge in [-0.15, -0.1) is 22.7 Å². The molecule has 0 fully saturated rings. The van der Waals surface area contributed by atoms with E-state index in [0.717, 1.165) is 22.5 Å². The van der Waals surface area contributed by atoms with E-state index in [0.29, 0.717) is 0 Å². The van der Waals surface area contributed by atoms with Gasteiger partial charge < -0.3 is 4.74 Å². The molecule has 0 spiro atoms. The first-order valence-electron chi connectivity index (χ1n) is 14.8. The largest absolute Gasteiger partial charge is 0.445 e. The maximum atomic E-state index is 13.4. The van der Waals surface area contributed by atoms with Crippen LogP contribution in [0.25, 0.3) is 62.6 Å². The molecule has 2 heterocycles. The fraction of sp³-hybridized carbons (Fsp3) is 0.0250. The Bertz CT molecular complexity index is 2210. The number of fused-ring (bicyclic) bond motifs is 6. The first-order chi connectivity index (χ1) is 22.2. The lowest BCUT2D eigenvalue weighted by atomic mass is 10.0. The van der Waals surface area contributed by atoms with Gasteiger partial charge in [-0.3, -0.25) is 0 Å². The van der Waals surface area contributed by atoms with Crippen LogP contribution in [0.2, 0.25) is 0 Å². The van der Waals surface area contributed by atoms with Crippen LogP contribution < -0.4 is 4.90 Å². The van der Waals surface area contributed by atoms with E-state index in [9.17, 15) is 4.79 Å². The molecular formula is C40H27NO2S2. The molecule has 1 amide bonds. The number of rotatable bonds is 6. The van der Waals surface area contributed by atoms with Crippen molar-refractivity contribution in [2.24, 2.45) is 0 Å². The van der Waals surface area contributed by atoms with Crippen molar-refractivity contribution < 1.29 is 9.53 Å². The van der Waals surface area contributed by atoms with E-state index in [2.05, 4.69) is 116 Å². The lowest BCUT2D eigenvalue weighted by Gasteiger charge is -2.23. The normalized spacial score (nSPS) is 11.4. The summed E-state index contributed by atoms with van der Waals surface area (Å²) < 4.78 is 10.6. The molecule has 2 aromatic heterocycles. The number of thiophene rings is 2. The molecule has 0 saturated heterocycles. The topological polar surface area (TPSA) is 29.5 Å². The van der Waals surface area contributed by atoms with Gasteiger partial charge in [0.1, 0.15) is 6.61 Å². The van der Waals surface area contributed by atoms with E-state index in [4.69, 9.17) is 4.74 Å². The molecule has 8 aromatic rings. The maximum absolute atomic E-state index is 13.4. The van der Waals surface area contributed by atoms with Gasteiger partial charge in [-0.05, 0) is 58.7 Å². The van der Waals surface area contributed by atoms with E-state index in [1.54, 1.807) is 11.0 Å². The van der Waals surface area contributed by atoms with Crippen LogP contribution in [0, 0.1) is 0 Å². The van der Waals surface area contributed by atoms with Crippen molar-refractivity contribution in [2.75, 3.05) is 11.5 Å². The Balaban J connectivity index is 1.16. The third-order valence-electron chi connectivity index (χ3n) is 8.19. The summed E-state index contributed by atoms with van der Waals surface area (Å²) in [6, 6.07) is 46.3. The Morgan fingerprint density at radius 2 is 1.02 bits per heavy atom. The van der Waals surface area contributed by atoms with Gasteiger partial charge in [0.25, 0.3) is 0 Å². The average molecular weight is 618 g/mol. The Morgan fingerprint density at radius 3 is 1.49 bits per heavy atom. The fourth-order valence-corrected chi connectivity index (χ4v) is 8.56. The summed E-state index contributed by atoms with van der Waals surface area (Å²) in [7, 11) is 0. The summed E-state index contributed by atoms with van der Waals surface area (Å²) >= 11 is 3.62. The fourth-order valence-electron chi connectivity index (χ4n) is 6.08. The molecule has 0 saturated carbocycles. The highest BCUT2D eigenvalue weighted by molar-refractivity contribution is 7.26. The van der Waals surface area contributed by atoms with Crippen molar-refractivity contribution in [3.05, 3.63) is 146 Å². The van der Waals surface area contributed by atoms with Gasteiger partial charge in [0.05, 0.1) is 11.4 Å². The van der Waals surface area contributed by atoms with E-state index in [-0.39, 0.29) is 6.61 Å². The zero-order valence-electron chi connectivity index (χ0n) is 24.3. The van der Waals surface area contributed by atoms with E-state index < -0.39 is 6.09 Å². The molecule has 6 aromatic carbocycles. The average Bonchev–Trinajstić information content (AvgIpc) is 3.67. The Morgan fingerprint density at radius 1 is 0.578 bits per heavy atom. The van der Waals surface area contributed by atoms with E-state index in [1.807, 2.05) is 46.9 Å². The Labute approximate surface area is 268 Å². The highest BCUT2D eigenvalue weighted by Gasteiger charge is 2.21. The van der Waals surface area contributed by atoms with Crippen LogP contribution in [0.3, 0.4) is 0 Å². The molecule has 0 N–H and O–H groups in total. The quantitative estimate of drug-likeness (QED) is 0.174. The summed E-state index contributed by atoms with van der Waals surface area (Å²) in [6.07, 6.45) is 1.13. The van der Waals surface area contributed by atoms with Gasteiger partial charge in [0.2, 0.25) is 0 Å². The summed E-state index contributed by atoms with van der Waals surface area (Å²) in [5.74, 6) is 0. The Hall–Kier alpha value is -5.23. The predicted molar refractivity (Wildman–Crippen MR) is 193 cm³/mol. The maximum Gasteiger partial charge on any atom is 0.419 e. The van der Waals surface area contributed by atoms with Crippen LogP contribution in [0.5, 0.6) is 0 Å². The molecule has 45 heavy (non-hydrogen) atoms. The zero-order chi connectivity index (χ0) is 30.3. The molecular weight excluding hydrogens is 591 g/mol. The standard InChI is InChI=1S/C40H27NO2S2/c1-2-25-43-40(42)41(28-21-17-26(18-22-28)30-11-7-13-34-32-9-3-5-15-36(32)44-38(30)34)29-23-19-27(20-24-29)31-12-8-14-35-33-10-4-6-16-37(33)45-39(31)35/h2-24H,1,25H2. The van der Waals surface area contributed by atoms with Crippen molar-refractivity contribution in [1.82, 2.24) is 0 Å². The third kappa shape index (κ3) is 4.78. The van der Waals surface area contributed by atoms with Gasteiger partial charge in [0, 0.05) is 40.3 Å². The molecule has 0 radical (unpaired) electrons. The number of ether oxygens (including phenoxy) is 1. The minimum Gasteiger partial charge on any atom is -0.445 e. The van der Waals surface area contributed by atoms with Gasteiger partial charge in [-0.25, -0.2) is 9.69 Å². The van der Waals surface area contributed by atoms with Crippen molar-refractivity contribution in [2.45, 2.75) is 0 Å². The van der Waals surface area contributed by atoms with Crippen LogP contribution in [0.4, 0.5) is 16.2 Å². The summed E-state index contributed by atoms with van der Waals surface area (Å²) in [5.41, 5.74) is 6.03. The predicted octanol–water partition coefficient (Wildman–Crippen LogP) is 12.2. The molecule has 3 nitrogen and oxygen atoms in total. The molecule has 5 heteroatoms. The van der Waals surface area contributed by atoms with Crippen LogP contribution >= 0.6 is 22.7 Å². The number of nitrogens with zero attached hydrogens (tertiary/aromatic N) is 1. The summed E-state index contributed by atoms with van der Waals surface area (Å²) in [6.45, 7) is 3.85. The van der Waals surface area contributed by atoms with E-state index in [1.165, 1.54) is 51.5 Å². The number of carbonyl (C=O) groups excluding carboxylic acids is 1. The van der Waals surface area contributed by atoms with Gasteiger partial charge in [-0.1, -0.05) is 110 Å². The first kappa shape index (κ1) is 27.3. The number of amides is 1. The monoisotopic (exact) mass is 617 g/mol. The summed E-state index contributed by atoms with van der Waals surface area (Å²) in [4.78, 5) is 15.0. The van der Waals surface area contributed by atoms with Crippen LogP contribution in [0.1, 0.15) is 0 Å². The molecule has 0 aliphatic carbocycles. The van der Waals surface area contributed by atoms with Crippen molar-refractivity contribution in [3.63, 3.8) is 0 Å². The molecule has 0 aliphatic heterocycles. The number of benzene rings is 6. The van der Waals surface area contributed by atoms with E-state index >= 15 is 0 Å². The van der Waals surface area contributed by atoms with Crippen LogP contribution in [0.15, 0.2) is 146 Å². The molecule has 0 unspecified atom stereocenters. The minimum absolute atomic E-state index is 0.132. The molecule has 0 aliphatic rings. The molecule has 0 bridgehead atoms. The number of carbonyl (C=O) groups is 1. The van der Waals surface area contributed by atoms with Gasteiger partial charge in [0.15, 0.2) is 0 Å². The van der Waals surface area contributed by atoms with Crippen molar-refractivity contribution >= 4 is 80.5 Å². The van der Waals surface area contributed by atoms with Crippen molar-refractivity contribution in [1.29, 1.82) is 0 Å². The summed E-state index contributed by atoms with van der Waals surface area (Å²) in [5, 5.41) is 5.08. The van der Waals surface area contributed by atoms with Gasteiger partial charge in [-0.2, -0.15) is 0 Å². The van der Waals surface area contributed by atoms with Crippen LogP contribution in [-0.2, 0) is 4.74 Å². The minimum atomic E-state index is -0.450.